The van der Waals surface area contributed by atoms with Gasteiger partial charge < -0.3 is 10.3 Å². The summed E-state index contributed by atoms with van der Waals surface area (Å²) in [6.45, 7) is 1.18. The quantitative estimate of drug-likeness (QED) is 0.479. The van der Waals surface area contributed by atoms with Crippen LogP contribution in [-0.4, -0.2) is 37.9 Å². The van der Waals surface area contributed by atoms with Crippen LogP contribution in [0.5, 0.6) is 0 Å². The molecule has 1 aliphatic rings. The molecule has 1 heterocycles. The van der Waals surface area contributed by atoms with Crippen LogP contribution in [0.25, 0.3) is 0 Å². The fourth-order valence-corrected chi connectivity index (χ4v) is 1.30. The summed E-state index contributed by atoms with van der Waals surface area (Å²) in [5.74, 6) is 0. The minimum Gasteiger partial charge on any atom is -0.314 e. The Labute approximate surface area is 68.5 Å². The molecule has 1 unspecified atom stereocenters. The summed E-state index contributed by atoms with van der Waals surface area (Å²) in [5.41, 5.74) is 0. The van der Waals surface area contributed by atoms with Crippen molar-refractivity contribution in [2.75, 3.05) is 20.6 Å². The summed E-state index contributed by atoms with van der Waals surface area (Å²) < 4.78 is 0. The average Bonchev–Trinajstić information content (AvgIpc) is 2.39. The van der Waals surface area contributed by atoms with Crippen molar-refractivity contribution in [2.45, 2.75) is 25.3 Å². The highest BCUT2D eigenvalue weighted by Gasteiger charge is 2.11. The maximum atomic E-state index is 4.16. The maximum absolute atomic E-state index is 4.16. The first-order valence-electron chi connectivity index (χ1n) is 4.22. The summed E-state index contributed by atoms with van der Waals surface area (Å²) in [6.07, 6.45) is 5.68. The van der Waals surface area contributed by atoms with E-state index in [1.165, 1.54) is 19.4 Å². The van der Waals surface area contributed by atoms with Crippen LogP contribution in [0.2, 0.25) is 0 Å². The molecule has 0 aliphatic carbocycles. The van der Waals surface area contributed by atoms with E-state index >= 15 is 0 Å². The maximum Gasteiger partial charge on any atom is 0.0260 e. The molecule has 1 aliphatic heterocycles. The molecule has 1 saturated heterocycles. The SMILES string of the molecule is CN(C)N=CCC1CCCN1. The van der Waals surface area contributed by atoms with E-state index in [4.69, 9.17) is 0 Å². The van der Waals surface area contributed by atoms with E-state index in [2.05, 4.69) is 10.4 Å². The Morgan fingerprint density at radius 2 is 2.45 bits per heavy atom. The predicted octanol–water partition coefficient (Wildman–Crippen LogP) is 0.676. The van der Waals surface area contributed by atoms with Gasteiger partial charge in [-0.2, -0.15) is 5.10 Å². The van der Waals surface area contributed by atoms with Crippen molar-refractivity contribution in [3.8, 4) is 0 Å². The molecule has 0 aromatic heterocycles. The Bertz CT molecular complexity index is 125. The molecule has 1 atom stereocenters. The van der Waals surface area contributed by atoms with E-state index in [0.29, 0.717) is 6.04 Å². The molecule has 64 valence electrons. The molecule has 0 aromatic rings. The van der Waals surface area contributed by atoms with Gasteiger partial charge in [-0.1, -0.05) is 0 Å². The van der Waals surface area contributed by atoms with Crippen LogP contribution in [0, 0.1) is 0 Å². The molecule has 11 heavy (non-hydrogen) atoms. The number of hydrogen-bond donors (Lipinski definition) is 1. The third-order valence-electron chi connectivity index (χ3n) is 1.86. The minimum absolute atomic E-state index is 0.679. The highest BCUT2D eigenvalue weighted by molar-refractivity contribution is 5.57. The van der Waals surface area contributed by atoms with E-state index in [-0.39, 0.29) is 0 Å². The van der Waals surface area contributed by atoms with E-state index < -0.39 is 0 Å². The lowest BCUT2D eigenvalue weighted by atomic mass is 10.2. The second-order valence-corrected chi connectivity index (χ2v) is 3.17. The zero-order chi connectivity index (χ0) is 8.10. The topological polar surface area (TPSA) is 27.6 Å². The van der Waals surface area contributed by atoms with Crippen molar-refractivity contribution in [3.63, 3.8) is 0 Å². The lowest BCUT2D eigenvalue weighted by molar-refractivity contribution is 0.437. The first-order valence-corrected chi connectivity index (χ1v) is 4.22. The number of hydrazone groups is 1. The molecule has 1 rings (SSSR count). The normalized spacial score (nSPS) is 24.7. The minimum atomic E-state index is 0.679. The van der Waals surface area contributed by atoms with Gasteiger partial charge in [0.25, 0.3) is 0 Å². The van der Waals surface area contributed by atoms with Crippen LogP contribution in [0.1, 0.15) is 19.3 Å². The van der Waals surface area contributed by atoms with Crippen LogP contribution in [-0.2, 0) is 0 Å². The van der Waals surface area contributed by atoms with Crippen molar-refractivity contribution < 1.29 is 0 Å². The molecule has 0 spiro atoms. The summed E-state index contributed by atoms with van der Waals surface area (Å²) >= 11 is 0. The van der Waals surface area contributed by atoms with Gasteiger partial charge >= 0.3 is 0 Å². The predicted molar refractivity (Wildman–Crippen MR) is 47.8 cm³/mol. The molecule has 0 bridgehead atoms. The highest BCUT2D eigenvalue weighted by Crippen LogP contribution is 2.06. The van der Waals surface area contributed by atoms with E-state index in [9.17, 15) is 0 Å². The van der Waals surface area contributed by atoms with Gasteiger partial charge in [0, 0.05) is 26.4 Å². The third kappa shape index (κ3) is 3.37. The molecule has 3 heteroatoms. The number of nitrogens with zero attached hydrogens (tertiary/aromatic N) is 2. The molecule has 1 N–H and O–H groups in total. The zero-order valence-electron chi connectivity index (χ0n) is 7.38. The van der Waals surface area contributed by atoms with Gasteiger partial charge in [0.05, 0.1) is 0 Å². The van der Waals surface area contributed by atoms with E-state index in [1.807, 2.05) is 25.3 Å². The lowest BCUT2D eigenvalue weighted by Crippen LogP contribution is -2.21. The van der Waals surface area contributed by atoms with Crippen molar-refractivity contribution in [1.82, 2.24) is 10.3 Å². The van der Waals surface area contributed by atoms with E-state index in [1.54, 1.807) is 0 Å². The zero-order valence-corrected chi connectivity index (χ0v) is 7.38. The van der Waals surface area contributed by atoms with Crippen molar-refractivity contribution in [3.05, 3.63) is 0 Å². The van der Waals surface area contributed by atoms with Gasteiger partial charge in [-0.05, 0) is 25.8 Å². The Kier molecular flexibility index (Phi) is 3.36. The smallest absolute Gasteiger partial charge is 0.0260 e. The van der Waals surface area contributed by atoms with Crippen LogP contribution < -0.4 is 5.32 Å². The average molecular weight is 155 g/mol. The Balaban J connectivity index is 2.10. The molecular formula is C8H17N3. The van der Waals surface area contributed by atoms with Gasteiger partial charge in [0.2, 0.25) is 0 Å². The Hall–Kier alpha value is -0.570. The lowest BCUT2D eigenvalue weighted by Gasteiger charge is -2.06. The molecule has 0 aromatic carbocycles. The van der Waals surface area contributed by atoms with Gasteiger partial charge in [-0.3, -0.25) is 0 Å². The number of rotatable bonds is 3. The fourth-order valence-electron chi connectivity index (χ4n) is 1.30. The van der Waals surface area contributed by atoms with Gasteiger partial charge in [-0.15, -0.1) is 0 Å². The van der Waals surface area contributed by atoms with Crippen LogP contribution in [0.3, 0.4) is 0 Å². The summed E-state index contributed by atoms with van der Waals surface area (Å²) in [5, 5.41) is 9.41. The standard InChI is InChI=1S/C8H17N3/c1-11(2)10-7-5-8-4-3-6-9-8/h7-9H,3-6H2,1-2H3. The largest absolute Gasteiger partial charge is 0.314 e. The molecular weight excluding hydrogens is 138 g/mol. The van der Waals surface area contributed by atoms with Crippen molar-refractivity contribution in [2.24, 2.45) is 5.10 Å². The molecule has 0 saturated carbocycles. The Morgan fingerprint density at radius 1 is 1.64 bits per heavy atom. The second-order valence-electron chi connectivity index (χ2n) is 3.17. The second kappa shape index (κ2) is 4.34. The number of hydrogen-bond acceptors (Lipinski definition) is 3. The summed E-state index contributed by atoms with van der Waals surface area (Å²) in [6, 6.07) is 0.679. The Morgan fingerprint density at radius 3 is 3.00 bits per heavy atom. The third-order valence-corrected chi connectivity index (χ3v) is 1.86. The summed E-state index contributed by atoms with van der Waals surface area (Å²) in [4.78, 5) is 0. The number of nitrogens with one attached hydrogen (secondary N) is 1. The van der Waals surface area contributed by atoms with Gasteiger partial charge in [0.15, 0.2) is 0 Å². The first-order chi connectivity index (χ1) is 5.29. The molecule has 1 fully saturated rings. The van der Waals surface area contributed by atoms with Crippen LogP contribution in [0.4, 0.5) is 0 Å². The first kappa shape index (κ1) is 8.53. The highest BCUT2D eigenvalue weighted by atomic mass is 15.4. The van der Waals surface area contributed by atoms with Crippen molar-refractivity contribution >= 4 is 6.21 Å². The van der Waals surface area contributed by atoms with Crippen LogP contribution in [0.15, 0.2) is 5.10 Å². The molecule has 0 amide bonds. The van der Waals surface area contributed by atoms with Crippen molar-refractivity contribution in [1.29, 1.82) is 0 Å². The fraction of sp³-hybridized carbons (Fsp3) is 0.875. The monoisotopic (exact) mass is 155 g/mol. The van der Waals surface area contributed by atoms with Crippen LogP contribution >= 0.6 is 0 Å². The summed E-state index contributed by atoms with van der Waals surface area (Å²) in [7, 11) is 3.89. The molecule has 0 radical (unpaired) electrons. The molecule has 3 nitrogen and oxygen atoms in total. The van der Waals surface area contributed by atoms with Gasteiger partial charge in [-0.25, -0.2) is 0 Å². The van der Waals surface area contributed by atoms with E-state index in [0.717, 1.165) is 6.42 Å². The van der Waals surface area contributed by atoms with Gasteiger partial charge in [0.1, 0.15) is 0 Å².